The third kappa shape index (κ3) is 3.48. The first-order valence-corrected chi connectivity index (χ1v) is 7.78. The van der Waals surface area contributed by atoms with Gasteiger partial charge in [0.2, 0.25) is 5.89 Å². The molecular weight excluding hydrogens is 246 g/mol. The molecule has 5 heteroatoms. The summed E-state index contributed by atoms with van der Waals surface area (Å²) in [6.07, 6.45) is 0.863. The molecule has 1 saturated heterocycles. The molecule has 2 atom stereocenters. The van der Waals surface area contributed by atoms with Gasteiger partial charge in [-0.3, -0.25) is 0 Å². The van der Waals surface area contributed by atoms with Crippen LogP contribution in [0.3, 0.4) is 0 Å². The third-order valence-corrected chi connectivity index (χ3v) is 4.23. The number of aromatic nitrogens is 2. The maximum Gasteiger partial charge on any atom is 0.232 e. The van der Waals surface area contributed by atoms with Crippen molar-refractivity contribution >= 4 is 11.8 Å². The molecule has 0 spiro atoms. The predicted molar refractivity (Wildman–Crippen MR) is 75.0 cm³/mol. The van der Waals surface area contributed by atoms with E-state index in [0.29, 0.717) is 12.0 Å². The Morgan fingerprint density at radius 3 is 2.83 bits per heavy atom. The minimum absolute atomic E-state index is 0.201. The summed E-state index contributed by atoms with van der Waals surface area (Å²) < 4.78 is 5.46. The number of hydrogen-bond acceptors (Lipinski definition) is 5. The second kappa shape index (κ2) is 5.61. The van der Waals surface area contributed by atoms with Gasteiger partial charge in [0.25, 0.3) is 0 Å². The van der Waals surface area contributed by atoms with E-state index < -0.39 is 0 Å². The number of rotatable bonds is 4. The quantitative estimate of drug-likeness (QED) is 0.910. The van der Waals surface area contributed by atoms with Crippen LogP contribution < -0.4 is 5.32 Å². The van der Waals surface area contributed by atoms with E-state index in [1.54, 1.807) is 0 Å². The van der Waals surface area contributed by atoms with Gasteiger partial charge in [-0.05, 0) is 12.0 Å². The number of thioether (sulfide) groups is 1. The average molecular weight is 269 g/mol. The van der Waals surface area contributed by atoms with Gasteiger partial charge in [0, 0.05) is 24.0 Å². The van der Waals surface area contributed by atoms with Crippen molar-refractivity contribution in [1.29, 1.82) is 0 Å². The van der Waals surface area contributed by atoms with Crippen molar-refractivity contribution in [2.45, 2.75) is 46.1 Å². The van der Waals surface area contributed by atoms with Gasteiger partial charge in [-0.2, -0.15) is 16.7 Å². The number of nitrogens with one attached hydrogen (secondary N) is 1. The fraction of sp³-hybridized carbons (Fsp3) is 0.846. The molecule has 0 aliphatic carbocycles. The maximum atomic E-state index is 5.46. The highest BCUT2D eigenvalue weighted by Gasteiger charge is 2.33. The van der Waals surface area contributed by atoms with Crippen molar-refractivity contribution in [3.8, 4) is 0 Å². The van der Waals surface area contributed by atoms with Crippen LogP contribution in [0, 0.1) is 5.41 Å². The van der Waals surface area contributed by atoms with Crippen LogP contribution in [-0.2, 0) is 6.42 Å². The monoisotopic (exact) mass is 269 g/mol. The van der Waals surface area contributed by atoms with Crippen molar-refractivity contribution < 1.29 is 4.52 Å². The Kier molecular flexibility index (Phi) is 4.33. The van der Waals surface area contributed by atoms with Crippen LogP contribution in [0.2, 0.25) is 0 Å². The summed E-state index contributed by atoms with van der Waals surface area (Å²) in [5.74, 6) is 4.23. The van der Waals surface area contributed by atoms with Crippen LogP contribution in [0.15, 0.2) is 4.52 Å². The molecule has 102 valence electrons. The van der Waals surface area contributed by atoms with Gasteiger partial charge in [0.05, 0.1) is 5.92 Å². The lowest BCUT2D eigenvalue weighted by Gasteiger charge is -2.16. The average Bonchev–Trinajstić information content (AvgIpc) is 2.84. The molecule has 0 amide bonds. The minimum Gasteiger partial charge on any atom is -0.339 e. The van der Waals surface area contributed by atoms with Gasteiger partial charge in [0.15, 0.2) is 5.82 Å². The molecular formula is C13H23N3OS. The highest BCUT2D eigenvalue weighted by molar-refractivity contribution is 7.99. The number of nitrogens with zero attached hydrogens (tertiary/aromatic N) is 2. The molecule has 0 aromatic carbocycles. The lowest BCUT2D eigenvalue weighted by molar-refractivity contribution is 0.330. The fourth-order valence-corrected chi connectivity index (χ4v) is 3.59. The van der Waals surface area contributed by atoms with Crippen molar-refractivity contribution in [2.75, 3.05) is 18.1 Å². The molecule has 4 nitrogen and oxygen atoms in total. The van der Waals surface area contributed by atoms with Gasteiger partial charge < -0.3 is 9.84 Å². The summed E-state index contributed by atoms with van der Waals surface area (Å²) in [5, 5.41) is 7.62. The Labute approximate surface area is 113 Å². The van der Waals surface area contributed by atoms with Gasteiger partial charge in [-0.1, -0.05) is 32.9 Å². The maximum absolute atomic E-state index is 5.46. The summed E-state index contributed by atoms with van der Waals surface area (Å²) >= 11 is 1.96. The van der Waals surface area contributed by atoms with Gasteiger partial charge in [-0.15, -0.1) is 0 Å². The topological polar surface area (TPSA) is 51.0 Å². The molecule has 1 aromatic heterocycles. The summed E-state index contributed by atoms with van der Waals surface area (Å²) in [4.78, 5) is 4.58. The van der Waals surface area contributed by atoms with Crippen LogP contribution in [0.1, 0.15) is 45.3 Å². The summed E-state index contributed by atoms with van der Waals surface area (Å²) in [7, 11) is 0. The lowest BCUT2D eigenvalue weighted by Crippen LogP contribution is -2.34. The predicted octanol–water partition coefficient (Wildman–Crippen LogP) is 2.47. The van der Waals surface area contributed by atoms with E-state index in [-0.39, 0.29) is 5.41 Å². The molecule has 1 aromatic rings. The molecule has 2 rings (SSSR count). The van der Waals surface area contributed by atoms with Crippen molar-refractivity contribution in [2.24, 2.45) is 5.41 Å². The number of hydrogen-bond donors (Lipinski definition) is 1. The molecule has 1 fully saturated rings. The highest BCUT2D eigenvalue weighted by Crippen LogP contribution is 2.32. The normalized spacial score (nSPS) is 24.7. The SMILES string of the molecule is CCNC1CSCC1c1nc(CC(C)(C)C)no1. The molecule has 0 saturated carbocycles. The zero-order valence-electron chi connectivity index (χ0n) is 11.7. The molecule has 18 heavy (non-hydrogen) atoms. The Bertz CT molecular complexity index is 386. The first kappa shape index (κ1) is 13.9. The second-order valence-electron chi connectivity index (χ2n) is 6.09. The Morgan fingerprint density at radius 1 is 1.39 bits per heavy atom. The highest BCUT2D eigenvalue weighted by atomic mass is 32.2. The molecule has 0 bridgehead atoms. The molecule has 1 aliphatic heterocycles. The zero-order chi connectivity index (χ0) is 13.2. The van der Waals surface area contributed by atoms with Gasteiger partial charge in [0.1, 0.15) is 0 Å². The van der Waals surface area contributed by atoms with Crippen LogP contribution in [0.25, 0.3) is 0 Å². The van der Waals surface area contributed by atoms with E-state index >= 15 is 0 Å². The van der Waals surface area contributed by atoms with Crippen molar-refractivity contribution in [1.82, 2.24) is 15.5 Å². The van der Waals surface area contributed by atoms with Gasteiger partial charge in [-0.25, -0.2) is 0 Å². The number of likely N-dealkylation sites (N-methyl/N-ethyl adjacent to an activating group) is 1. The molecule has 1 aliphatic rings. The Balaban J connectivity index is 2.05. The lowest BCUT2D eigenvalue weighted by atomic mass is 9.92. The van der Waals surface area contributed by atoms with E-state index in [9.17, 15) is 0 Å². The van der Waals surface area contributed by atoms with Gasteiger partial charge >= 0.3 is 0 Å². The zero-order valence-corrected chi connectivity index (χ0v) is 12.5. The summed E-state index contributed by atoms with van der Waals surface area (Å²) in [5.41, 5.74) is 0.201. The third-order valence-electron chi connectivity index (χ3n) is 3.04. The van der Waals surface area contributed by atoms with E-state index in [1.807, 2.05) is 11.8 Å². The second-order valence-corrected chi connectivity index (χ2v) is 7.17. The minimum atomic E-state index is 0.201. The molecule has 0 radical (unpaired) electrons. The molecule has 1 N–H and O–H groups in total. The fourth-order valence-electron chi connectivity index (χ4n) is 2.23. The summed E-state index contributed by atoms with van der Waals surface area (Å²) in [6.45, 7) is 9.70. The van der Waals surface area contributed by atoms with Crippen molar-refractivity contribution in [3.63, 3.8) is 0 Å². The molecule has 2 heterocycles. The van der Waals surface area contributed by atoms with E-state index in [0.717, 1.165) is 36.2 Å². The first-order chi connectivity index (χ1) is 8.49. The van der Waals surface area contributed by atoms with Crippen LogP contribution in [-0.4, -0.2) is 34.2 Å². The smallest absolute Gasteiger partial charge is 0.232 e. The van der Waals surface area contributed by atoms with Crippen LogP contribution in [0.4, 0.5) is 0 Å². The van der Waals surface area contributed by atoms with Crippen LogP contribution >= 0.6 is 11.8 Å². The van der Waals surface area contributed by atoms with E-state index in [1.165, 1.54) is 0 Å². The van der Waals surface area contributed by atoms with Crippen molar-refractivity contribution in [3.05, 3.63) is 11.7 Å². The standard InChI is InChI=1S/C13H23N3OS/c1-5-14-10-8-18-7-9(10)12-15-11(16-17-12)6-13(2,3)4/h9-10,14H,5-8H2,1-4H3. The largest absolute Gasteiger partial charge is 0.339 e. The Morgan fingerprint density at radius 2 is 2.17 bits per heavy atom. The van der Waals surface area contributed by atoms with E-state index in [4.69, 9.17) is 4.52 Å². The van der Waals surface area contributed by atoms with E-state index in [2.05, 4.69) is 43.2 Å². The van der Waals surface area contributed by atoms with Crippen LogP contribution in [0.5, 0.6) is 0 Å². The molecule has 2 unspecified atom stereocenters. The Hall–Kier alpha value is -0.550. The summed E-state index contributed by atoms with van der Waals surface area (Å²) in [6, 6.07) is 0.475. The first-order valence-electron chi connectivity index (χ1n) is 6.63.